The highest BCUT2D eigenvalue weighted by Gasteiger charge is 2.20. The number of hydrogen-bond acceptors (Lipinski definition) is 2. The van der Waals surface area contributed by atoms with Crippen LogP contribution in [0.1, 0.15) is 28.2 Å². The second-order valence-corrected chi connectivity index (χ2v) is 6.37. The Bertz CT molecular complexity index is 1090. The van der Waals surface area contributed by atoms with E-state index in [-0.39, 0.29) is 5.91 Å². The van der Waals surface area contributed by atoms with Crippen LogP contribution in [0.4, 0.5) is 14.5 Å². The molecule has 4 nitrogen and oxygen atoms in total. The largest absolute Gasteiger partial charge is 0.337 e. The lowest BCUT2D eigenvalue weighted by atomic mass is 10.1. The molecule has 0 saturated carbocycles. The van der Waals surface area contributed by atoms with E-state index >= 15 is 0 Å². The molecular formula is C22H17F2N3O. The fraction of sp³-hybridized carbons (Fsp3) is 0.0909. The first-order valence-electron chi connectivity index (χ1n) is 8.80. The predicted molar refractivity (Wildman–Crippen MR) is 104 cm³/mol. The lowest BCUT2D eigenvalue weighted by molar-refractivity contribution is 0.0985. The zero-order valence-electron chi connectivity index (χ0n) is 14.8. The molecular weight excluding hydrogens is 360 g/mol. The van der Waals surface area contributed by atoms with Crippen LogP contribution in [0.25, 0.3) is 11.0 Å². The number of aromatic amines is 1. The molecule has 0 spiro atoms. The number of hydrogen-bond donors (Lipinski definition) is 1. The number of carbonyl (C=O) groups excluding carboxylic acids is 1. The zero-order valence-corrected chi connectivity index (χ0v) is 14.8. The number of benzene rings is 3. The number of alkyl halides is 2. The maximum absolute atomic E-state index is 13.3. The lowest BCUT2D eigenvalue weighted by Gasteiger charge is -2.23. The van der Waals surface area contributed by atoms with Gasteiger partial charge < -0.3 is 9.88 Å². The third-order valence-corrected chi connectivity index (χ3v) is 4.45. The molecule has 6 heteroatoms. The van der Waals surface area contributed by atoms with Gasteiger partial charge in [0, 0.05) is 11.3 Å². The van der Waals surface area contributed by atoms with Gasteiger partial charge in [-0.3, -0.25) is 4.79 Å². The Hall–Kier alpha value is -3.54. The topological polar surface area (TPSA) is 49.0 Å². The van der Waals surface area contributed by atoms with Crippen LogP contribution in [0.3, 0.4) is 0 Å². The summed E-state index contributed by atoms with van der Waals surface area (Å²) < 4.78 is 25.8. The Morgan fingerprint density at radius 2 is 1.64 bits per heavy atom. The van der Waals surface area contributed by atoms with E-state index in [1.165, 1.54) is 0 Å². The Labute approximate surface area is 160 Å². The first-order chi connectivity index (χ1) is 13.6. The van der Waals surface area contributed by atoms with Gasteiger partial charge in [-0.2, -0.15) is 0 Å². The van der Waals surface area contributed by atoms with Gasteiger partial charge in [-0.1, -0.05) is 48.5 Å². The van der Waals surface area contributed by atoms with Crippen LogP contribution in [0, 0.1) is 0 Å². The summed E-state index contributed by atoms with van der Waals surface area (Å²) in [6.07, 6.45) is -2.69. The fourth-order valence-electron chi connectivity index (χ4n) is 3.08. The van der Waals surface area contributed by atoms with Gasteiger partial charge in [0.25, 0.3) is 12.3 Å². The second-order valence-electron chi connectivity index (χ2n) is 6.37. The summed E-state index contributed by atoms with van der Waals surface area (Å²) in [5.74, 6) is -0.617. The van der Waals surface area contributed by atoms with Gasteiger partial charge >= 0.3 is 0 Å². The third-order valence-electron chi connectivity index (χ3n) is 4.45. The SMILES string of the molecule is O=C(c1ccc2nc(C(F)F)[nH]c2c1)N(Cc1ccccc1)c1ccccc1. The highest BCUT2D eigenvalue weighted by atomic mass is 19.3. The first-order valence-corrected chi connectivity index (χ1v) is 8.80. The zero-order chi connectivity index (χ0) is 19.5. The number of para-hydroxylation sites is 1. The Kier molecular flexibility index (Phi) is 4.85. The van der Waals surface area contributed by atoms with Crippen molar-refractivity contribution >= 4 is 22.6 Å². The minimum absolute atomic E-state index is 0.217. The molecule has 1 aromatic heterocycles. The third kappa shape index (κ3) is 3.62. The van der Waals surface area contributed by atoms with Crippen molar-refractivity contribution in [2.45, 2.75) is 13.0 Å². The van der Waals surface area contributed by atoms with Gasteiger partial charge in [0.15, 0.2) is 5.82 Å². The van der Waals surface area contributed by atoms with Gasteiger partial charge in [-0.15, -0.1) is 0 Å². The summed E-state index contributed by atoms with van der Waals surface area (Å²) in [7, 11) is 0. The Morgan fingerprint density at radius 1 is 0.964 bits per heavy atom. The van der Waals surface area contributed by atoms with E-state index in [2.05, 4.69) is 9.97 Å². The van der Waals surface area contributed by atoms with E-state index in [1.54, 1.807) is 23.1 Å². The molecule has 1 amide bonds. The lowest BCUT2D eigenvalue weighted by Crippen LogP contribution is -2.30. The van der Waals surface area contributed by atoms with Crippen LogP contribution < -0.4 is 4.90 Å². The number of rotatable bonds is 5. The average molecular weight is 377 g/mol. The van der Waals surface area contributed by atoms with Gasteiger partial charge in [0.1, 0.15) is 0 Å². The van der Waals surface area contributed by atoms with E-state index in [0.29, 0.717) is 23.1 Å². The molecule has 0 aliphatic carbocycles. The highest BCUT2D eigenvalue weighted by molar-refractivity contribution is 6.07. The van der Waals surface area contributed by atoms with Crippen LogP contribution in [0.5, 0.6) is 0 Å². The molecule has 1 N–H and O–H groups in total. The summed E-state index contributed by atoms with van der Waals surface area (Å²) in [5.41, 5.74) is 2.96. The predicted octanol–water partition coefficient (Wildman–Crippen LogP) is 5.35. The minimum atomic E-state index is -2.69. The number of nitrogens with zero attached hydrogens (tertiary/aromatic N) is 2. The van der Waals surface area contributed by atoms with Crippen molar-refractivity contribution in [2.24, 2.45) is 0 Å². The molecule has 0 saturated heterocycles. The average Bonchev–Trinajstić information content (AvgIpc) is 3.17. The molecule has 1 heterocycles. The van der Waals surface area contributed by atoms with E-state index in [0.717, 1.165) is 11.3 Å². The molecule has 3 aromatic carbocycles. The van der Waals surface area contributed by atoms with E-state index < -0.39 is 12.2 Å². The molecule has 0 radical (unpaired) electrons. The Morgan fingerprint density at radius 3 is 2.32 bits per heavy atom. The van der Waals surface area contributed by atoms with E-state index in [9.17, 15) is 13.6 Å². The van der Waals surface area contributed by atoms with Crippen LogP contribution in [-0.2, 0) is 6.54 Å². The summed E-state index contributed by atoms with van der Waals surface area (Å²) in [5, 5.41) is 0. The molecule has 0 bridgehead atoms. The summed E-state index contributed by atoms with van der Waals surface area (Å²) in [6, 6.07) is 23.8. The molecule has 0 aliphatic heterocycles. The maximum atomic E-state index is 13.3. The molecule has 0 unspecified atom stereocenters. The molecule has 4 aromatic rings. The quantitative estimate of drug-likeness (QED) is 0.510. The molecule has 4 rings (SSSR count). The fourth-order valence-corrected chi connectivity index (χ4v) is 3.08. The van der Waals surface area contributed by atoms with Crippen LogP contribution >= 0.6 is 0 Å². The Balaban J connectivity index is 1.71. The normalized spacial score (nSPS) is 11.1. The number of carbonyl (C=O) groups is 1. The van der Waals surface area contributed by atoms with Crippen molar-refractivity contribution in [3.8, 4) is 0 Å². The molecule has 140 valence electrons. The minimum Gasteiger partial charge on any atom is -0.337 e. The number of fused-ring (bicyclic) bond motifs is 1. The highest BCUT2D eigenvalue weighted by Crippen LogP contribution is 2.24. The number of amides is 1. The van der Waals surface area contributed by atoms with Crippen LogP contribution in [0.15, 0.2) is 78.9 Å². The number of nitrogens with one attached hydrogen (secondary N) is 1. The standard InChI is InChI=1S/C22H17F2N3O/c23-20(24)21-25-18-12-11-16(13-19(18)26-21)22(28)27(17-9-5-2-6-10-17)14-15-7-3-1-4-8-15/h1-13,20H,14H2,(H,25,26). The monoisotopic (exact) mass is 377 g/mol. The number of H-pyrrole nitrogens is 1. The summed E-state index contributed by atoms with van der Waals surface area (Å²) in [4.78, 5) is 21.4. The number of imidazole rings is 1. The van der Waals surface area contributed by atoms with Gasteiger partial charge in [-0.05, 0) is 35.9 Å². The van der Waals surface area contributed by atoms with E-state index in [4.69, 9.17) is 0 Å². The smallest absolute Gasteiger partial charge is 0.295 e. The van der Waals surface area contributed by atoms with Crippen molar-refractivity contribution in [2.75, 3.05) is 4.90 Å². The van der Waals surface area contributed by atoms with Crippen molar-refractivity contribution in [1.29, 1.82) is 0 Å². The van der Waals surface area contributed by atoms with E-state index in [1.807, 2.05) is 60.7 Å². The number of anilines is 1. The first kappa shape index (κ1) is 17.9. The van der Waals surface area contributed by atoms with Gasteiger partial charge in [-0.25, -0.2) is 13.8 Å². The van der Waals surface area contributed by atoms with Crippen LogP contribution in [0.2, 0.25) is 0 Å². The van der Waals surface area contributed by atoms with Crippen molar-refractivity contribution in [3.05, 3.63) is 95.8 Å². The summed E-state index contributed by atoms with van der Waals surface area (Å²) >= 11 is 0. The van der Waals surface area contributed by atoms with Crippen LogP contribution in [-0.4, -0.2) is 15.9 Å². The molecule has 0 aliphatic rings. The molecule has 0 atom stereocenters. The number of halogens is 2. The van der Waals surface area contributed by atoms with Gasteiger partial charge in [0.05, 0.1) is 17.6 Å². The molecule has 0 fully saturated rings. The molecule has 28 heavy (non-hydrogen) atoms. The van der Waals surface area contributed by atoms with Crippen molar-refractivity contribution < 1.29 is 13.6 Å². The number of aromatic nitrogens is 2. The maximum Gasteiger partial charge on any atom is 0.295 e. The van der Waals surface area contributed by atoms with Crippen molar-refractivity contribution in [1.82, 2.24) is 9.97 Å². The van der Waals surface area contributed by atoms with Gasteiger partial charge in [0.2, 0.25) is 0 Å². The van der Waals surface area contributed by atoms with Crippen molar-refractivity contribution in [3.63, 3.8) is 0 Å². The second kappa shape index (κ2) is 7.60. The summed E-state index contributed by atoms with van der Waals surface area (Å²) in [6.45, 7) is 0.396.